The average Bonchev–Trinajstić information content (AvgIpc) is 1.95. The molecule has 0 saturated carbocycles. The second kappa shape index (κ2) is 4.34. The molecule has 7 heteroatoms. The topological polar surface area (TPSA) is 97.7 Å². The van der Waals surface area contributed by atoms with Crippen molar-refractivity contribution >= 4 is 10.1 Å². The number of allylic oxidation sites excluding steroid dienone is 1. The zero-order valence-corrected chi connectivity index (χ0v) is 10.7. The summed E-state index contributed by atoms with van der Waals surface area (Å²) in [7, 11) is -4.83. The van der Waals surface area contributed by atoms with E-state index in [0.717, 1.165) is 18.2 Å². The number of rotatable bonds is 1. The molecule has 1 aliphatic carbocycles. The van der Waals surface area contributed by atoms with E-state index in [1.807, 2.05) is 0 Å². The van der Waals surface area contributed by atoms with E-state index in [9.17, 15) is 18.1 Å². The summed E-state index contributed by atoms with van der Waals surface area (Å²) in [5, 5.41) is 18.4. The maximum atomic E-state index is 10.7. The molecule has 0 amide bonds. The molecule has 0 heterocycles. The second-order valence-corrected chi connectivity index (χ2v) is 4.48. The van der Waals surface area contributed by atoms with Crippen molar-refractivity contribution in [3.63, 3.8) is 0 Å². The van der Waals surface area contributed by atoms with Crippen LogP contribution in [0.5, 0.6) is 0 Å². The molecule has 2 unspecified atom stereocenters. The minimum atomic E-state index is -4.83. The van der Waals surface area contributed by atoms with Gasteiger partial charge in [-0.15, -0.1) is 0 Å². The van der Waals surface area contributed by atoms with Gasteiger partial charge in [0.25, 0.3) is 0 Å². The largest absolute Gasteiger partial charge is 1.00 e. The first-order valence-electron chi connectivity index (χ1n) is 3.55. The van der Waals surface area contributed by atoms with Crippen LogP contribution >= 0.6 is 0 Å². The number of aliphatic hydroxyl groups excluding tert-OH is 1. The van der Waals surface area contributed by atoms with Crippen LogP contribution in [0.15, 0.2) is 24.0 Å². The van der Waals surface area contributed by atoms with Crippen LogP contribution in [0.25, 0.3) is 0 Å². The van der Waals surface area contributed by atoms with Crippen molar-refractivity contribution in [2.45, 2.75) is 11.9 Å². The summed E-state index contributed by atoms with van der Waals surface area (Å²) in [6.45, 7) is 1.33. The third kappa shape index (κ3) is 2.39. The molecular weight excluding hydrogens is 219 g/mol. The molecule has 5 nitrogen and oxygen atoms in total. The Morgan fingerprint density at radius 3 is 2.43 bits per heavy atom. The summed E-state index contributed by atoms with van der Waals surface area (Å²) in [6.07, 6.45) is 2.88. The molecule has 1 aliphatic rings. The first-order valence-corrected chi connectivity index (χ1v) is 4.96. The first kappa shape index (κ1) is 14.2. The third-order valence-corrected chi connectivity index (χ3v) is 3.28. The minimum Gasteiger partial charge on any atom is -0.745 e. The summed E-state index contributed by atoms with van der Waals surface area (Å²) >= 11 is 0. The molecular formula is C7H9NaO5S. The molecule has 0 aromatic rings. The van der Waals surface area contributed by atoms with Gasteiger partial charge in [0.05, 0.1) is 0 Å². The number of aliphatic hydroxyl groups is 2. The summed E-state index contributed by atoms with van der Waals surface area (Å²) in [5.41, 5.74) is 0. The van der Waals surface area contributed by atoms with Crippen molar-refractivity contribution in [2.75, 3.05) is 0 Å². The molecule has 0 aromatic carbocycles. The molecule has 0 aliphatic heterocycles. The maximum absolute atomic E-state index is 10.7. The Labute approximate surface area is 104 Å². The Morgan fingerprint density at radius 2 is 2.07 bits per heavy atom. The molecule has 2 N–H and O–H groups in total. The van der Waals surface area contributed by atoms with Gasteiger partial charge in [0.15, 0.2) is 4.93 Å². The fraction of sp³-hybridized carbons (Fsp3) is 0.429. The fourth-order valence-corrected chi connectivity index (χ4v) is 1.86. The van der Waals surface area contributed by atoms with E-state index < -0.39 is 21.0 Å². The zero-order chi connectivity index (χ0) is 10.3. The van der Waals surface area contributed by atoms with Gasteiger partial charge in [0.1, 0.15) is 15.9 Å². The van der Waals surface area contributed by atoms with Crippen LogP contribution in [-0.4, -0.2) is 28.1 Å². The summed E-state index contributed by atoms with van der Waals surface area (Å²) < 4.78 is 32.0. The Hall–Kier alpha value is 0.150. The van der Waals surface area contributed by atoms with Gasteiger partial charge in [0, 0.05) is 5.92 Å². The van der Waals surface area contributed by atoms with Gasteiger partial charge < -0.3 is 14.8 Å². The maximum Gasteiger partial charge on any atom is 1.00 e. The van der Waals surface area contributed by atoms with Crippen LogP contribution in [0.3, 0.4) is 0 Å². The van der Waals surface area contributed by atoms with Crippen LogP contribution in [0.2, 0.25) is 0 Å². The number of hydrogen-bond donors (Lipinski definition) is 2. The molecule has 0 bridgehead atoms. The standard InChI is InChI=1S/C7H10O5S.Na/c1-5-4-6(8)2-3-7(5,9)13(10,11)12;/h2-5,8-9H,1H3,(H,10,11,12);/q;+1/p-1. The SMILES string of the molecule is CC1C=C(O)C=CC1(O)S(=O)(=O)[O-].[Na+]. The first-order chi connectivity index (χ1) is 5.77. The van der Waals surface area contributed by atoms with Crippen LogP contribution in [0.1, 0.15) is 6.92 Å². The van der Waals surface area contributed by atoms with Crippen LogP contribution < -0.4 is 29.6 Å². The van der Waals surface area contributed by atoms with Crippen molar-refractivity contribution < 1.29 is 52.7 Å². The van der Waals surface area contributed by atoms with Gasteiger partial charge in [-0.3, -0.25) is 0 Å². The molecule has 0 radical (unpaired) electrons. The van der Waals surface area contributed by atoms with E-state index in [-0.39, 0.29) is 35.3 Å². The normalized spacial score (nSPS) is 31.9. The van der Waals surface area contributed by atoms with Gasteiger partial charge >= 0.3 is 29.6 Å². The fourth-order valence-electron chi connectivity index (χ4n) is 1.10. The summed E-state index contributed by atoms with van der Waals surface area (Å²) in [4.78, 5) is -2.45. The molecule has 0 spiro atoms. The molecule has 74 valence electrons. The molecule has 0 aromatic heterocycles. The average molecular weight is 228 g/mol. The Bertz CT molecular complexity index is 372. The molecule has 0 saturated heterocycles. The van der Waals surface area contributed by atoms with E-state index >= 15 is 0 Å². The van der Waals surface area contributed by atoms with E-state index in [4.69, 9.17) is 5.11 Å². The van der Waals surface area contributed by atoms with E-state index in [1.54, 1.807) is 0 Å². The Balaban J connectivity index is 0.00000169. The van der Waals surface area contributed by atoms with Crippen LogP contribution in [0, 0.1) is 5.92 Å². The predicted octanol–water partition coefficient (Wildman–Crippen LogP) is -3.13. The predicted molar refractivity (Wildman–Crippen MR) is 43.7 cm³/mol. The quantitative estimate of drug-likeness (QED) is 0.365. The zero-order valence-electron chi connectivity index (χ0n) is 7.84. The monoisotopic (exact) mass is 228 g/mol. The van der Waals surface area contributed by atoms with Gasteiger partial charge in [-0.1, -0.05) is 6.92 Å². The van der Waals surface area contributed by atoms with Gasteiger partial charge in [-0.2, -0.15) is 0 Å². The summed E-state index contributed by atoms with van der Waals surface area (Å²) in [6, 6.07) is 0. The van der Waals surface area contributed by atoms with Crippen LogP contribution in [-0.2, 0) is 10.1 Å². The van der Waals surface area contributed by atoms with E-state index in [2.05, 4.69) is 0 Å². The van der Waals surface area contributed by atoms with Crippen molar-refractivity contribution in [3.8, 4) is 0 Å². The Kier molecular flexibility index (Phi) is 4.39. The molecule has 14 heavy (non-hydrogen) atoms. The van der Waals surface area contributed by atoms with Crippen LogP contribution in [0.4, 0.5) is 0 Å². The summed E-state index contributed by atoms with van der Waals surface area (Å²) in [5.74, 6) is -1.12. The number of hydrogen-bond acceptors (Lipinski definition) is 5. The van der Waals surface area contributed by atoms with Crippen molar-refractivity contribution in [1.29, 1.82) is 0 Å². The van der Waals surface area contributed by atoms with Gasteiger partial charge in [-0.25, -0.2) is 8.42 Å². The molecule has 1 rings (SSSR count). The van der Waals surface area contributed by atoms with Crippen molar-refractivity contribution in [3.05, 3.63) is 24.0 Å². The van der Waals surface area contributed by atoms with Crippen molar-refractivity contribution in [1.82, 2.24) is 0 Å². The smallest absolute Gasteiger partial charge is 0.745 e. The molecule has 0 fully saturated rings. The van der Waals surface area contributed by atoms with Gasteiger partial charge in [0.2, 0.25) is 0 Å². The third-order valence-electron chi connectivity index (χ3n) is 1.97. The van der Waals surface area contributed by atoms with Gasteiger partial charge in [-0.05, 0) is 18.2 Å². The molecule has 2 atom stereocenters. The second-order valence-electron chi connectivity index (χ2n) is 2.92. The minimum absolute atomic E-state index is 0. The van der Waals surface area contributed by atoms with Crippen molar-refractivity contribution in [2.24, 2.45) is 5.92 Å². The Morgan fingerprint density at radius 1 is 1.57 bits per heavy atom. The van der Waals surface area contributed by atoms with E-state index in [0.29, 0.717) is 0 Å². The van der Waals surface area contributed by atoms with E-state index in [1.165, 1.54) is 6.92 Å².